The first-order valence-corrected chi connectivity index (χ1v) is 6.86. The molecule has 2 aromatic rings. The third kappa shape index (κ3) is 2.96. The Kier molecular flexibility index (Phi) is 3.40. The highest BCUT2D eigenvalue weighted by Gasteiger charge is 2.20. The van der Waals surface area contributed by atoms with Gasteiger partial charge in [0.1, 0.15) is 0 Å². The van der Waals surface area contributed by atoms with Crippen molar-refractivity contribution in [3.8, 4) is 11.9 Å². The molecule has 106 valence electrons. The first kappa shape index (κ1) is 13.1. The molecule has 6 nitrogen and oxygen atoms in total. The normalized spacial score (nSPS) is 14.6. The Morgan fingerprint density at radius 2 is 2.20 bits per heavy atom. The molecule has 1 N–H and O–H groups in total. The molecule has 0 aliphatic heterocycles. The molecule has 0 aromatic carbocycles. The van der Waals surface area contributed by atoms with Gasteiger partial charge in [0.25, 0.3) is 0 Å². The van der Waals surface area contributed by atoms with Crippen LogP contribution in [0.5, 0.6) is 11.9 Å². The number of nitrogens with one attached hydrogen (secondary N) is 1. The fraction of sp³-hybridized carbons (Fsp3) is 0.500. The Morgan fingerprint density at radius 1 is 1.40 bits per heavy atom. The van der Waals surface area contributed by atoms with Gasteiger partial charge in [0.15, 0.2) is 0 Å². The van der Waals surface area contributed by atoms with Crippen molar-refractivity contribution in [2.45, 2.75) is 39.3 Å². The number of aryl methyl sites for hydroxylation is 3. The Bertz CT molecular complexity index is 618. The molecule has 20 heavy (non-hydrogen) atoms. The van der Waals surface area contributed by atoms with Crippen LogP contribution in [0.1, 0.15) is 29.8 Å². The van der Waals surface area contributed by atoms with E-state index in [2.05, 4.69) is 20.4 Å². The Balaban J connectivity index is 1.70. The minimum Gasteiger partial charge on any atom is -0.405 e. The molecule has 1 saturated carbocycles. The maximum absolute atomic E-state index is 5.66. The van der Waals surface area contributed by atoms with E-state index in [4.69, 9.17) is 4.74 Å². The van der Waals surface area contributed by atoms with Gasteiger partial charge in [0.05, 0.1) is 5.69 Å². The quantitative estimate of drug-likeness (QED) is 0.901. The summed E-state index contributed by atoms with van der Waals surface area (Å²) in [4.78, 5) is 8.67. The molecule has 0 atom stereocenters. The lowest BCUT2D eigenvalue weighted by Gasteiger charge is -2.08. The van der Waals surface area contributed by atoms with Crippen molar-refractivity contribution < 1.29 is 4.74 Å². The standard InChI is InChI=1S/C14H19N5O/c1-9-6-13(19(3)18-9)20-14-16-8-11(10(2)17-14)7-15-12-4-5-12/h6,8,12,15H,4-5,7H2,1-3H3. The van der Waals surface area contributed by atoms with Crippen molar-refractivity contribution in [1.29, 1.82) is 0 Å². The van der Waals surface area contributed by atoms with Gasteiger partial charge in [0, 0.05) is 43.2 Å². The highest BCUT2D eigenvalue weighted by atomic mass is 16.5. The SMILES string of the molecule is Cc1cc(Oc2ncc(CNC3CC3)c(C)n2)n(C)n1. The molecular formula is C14H19N5O. The molecule has 1 aliphatic carbocycles. The minimum absolute atomic E-state index is 0.362. The molecule has 1 aliphatic rings. The van der Waals surface area contributed by atoms with Crippen molar-refractivity contribution in [2.75, 3.05) is 0 Å². The summed E-state index contributed by atoms with van der Waals surface area (Å²) < 4.78 is 7.34. The van der Waals surface area contributed by atoms with Crippen molar-refractivity contribution in [2.24, 2.45) is 7.05 Å². The van der Waals surface area contributed by atoms with Crippen LogP contribution in [0.3, 0.4) is 0 Å². The fourth-order valence-electron chi connectivity index (χ4n) is 2.01. The number of nitrogens with zero attached hydrogens (tertiary/aromatic N) is 4. The number of ether oxygens (including phenoxy) is 1. The van der Waals surface area contributed by atoms with E-state index < -0.39 is 0 Å². The molecule has 2 heterocycles. The van der Waals surface area contributed by atoms with Crippen LogP contribution >= 0.6 is 0 Å². The minimum atomic E-state index is 0.362. The predicted octanol–water partition coefficient (Wildman–Crippen LogP) is 1.87. The molecule has 2 aromatic heterocycles. The van der Waals surface area contributed by atoms with Crippen LogP contribution < -0.4 is 10.1 Å². The molecule has 0 radical (unpaired) electrons. The zero-order valence-electron chi connectivity index (χ0n) is 12.1. The maximum atomic E-state index is 5.66. The van der Waals surface area contributed by atoms with E-state index in [1.165, 1.54) is 12.8 Å². The Labute approximate surface area is 118 Å². The predicted molar refractivity (Wildman–Crippen MR) is 74.6 cm³/mol. The molecule has 1 fully saturated rings. The average Bonchev–Trinajstić information content (AvgIpc) is 3.15. The smallest absolute Gasteiger partial charge is 0.323 e. The first-order chi connectivity index (χ1) is 9.61. The van der Waals surface area contributed by atoms with Crippen molar-refractivity contribution in [1.82, 2.24) is 25.1 Å². The van der Waals surface area contributed by atoms with Gasteiger partial charge in [-0.25, -0.2) is 9.67 Å². The molecule has 0 unspecified atom stereocenters. The zero-order chi connectivity index (χ0) is 14.1. The van der Waals surface area contributed by atoms with Crippen LogP contribution in [0.4, 0.5) is 0 Å². The average molecular weight is 273 g/mol. The topological polar surface area (TPSA) is 64.9 Å². The molecule has 0 amide bonds. The van der Waals surface area contributed by atoms with E-state index >= 15 is 0 Å². The summed E-state index contributed by atoms with van der Waals surface area (Å²) in [6.45, 7) is 4.72. The third-order valence-electron chi connectivity index (χ3n) is 3.37. The van der Waals surface area contributed by atoms with Crippen molar-refractivity contribution >= 4 is 0 Å². The van der Waals surface area contributed by atoms with Gasteiger partial charge >= 0.3 is 6.01 Å². The van der Waals surface area contributed by atoms with Crippen LogP contribution in [-0.2, 0) is 13.6 Å². The van der Waals surface area contributed by atoms with Gasteiger partial charge in [-0.2, -0.15) is 10.1 Å². The van der Waals surface area contributed by atoms with Crippen LogP contribution in [0.2, 0.25) is 0 Å². The lowest BCUT2D eigenvalue weighted by Crippen LogP contribution is -2.16. The zero-order valence-corrected chi connectivity index (χ0v) is 12.1. The molecule has 3 rings (SSSR count). The van der Waals surface area contributed by atoms with Crippen LogP contribution in [-0.4, -0.2) is 25.8 Å². The van der Waals surface area contributed by atoms with E-state index in [0.717, 1.165) is 23.5 Å². The van der Waals surface area contributed by atoms with Gasteiger partial charge in [-0.15, -0.1) is 0 Å². The second-order valence-corrected chi connectivity index (χ2v) is 5.27. The van der Waals surface area contributed by atoms with Crippen LogP contribution in [0, 0.1) is 13.8 Å². The third-order valence-corrected chi connectivity index (χ3v) is 3.37. The number of hydrogen-bond donors (Lipinski definition) is 1. The van der Waals surface area contributed by atoms with Crippen molar-refractivity contribution in [3.63, 3.8) is 0 Å². The van der Waals surface area contributed by atoms with Gasteiger partial charge in [-0.05, 0) is 26.7 Å². The number of aromatic nitrogens is 4. The summed E-state index contributed by atoms with van der Waals surface area (Å²) in [6.07, 6.45) is 4.39. The second-order valence-electron chi connectivity index (χ2n) is 5.27. The van der Waals surface area contributed by atoms with E-state index in [0.29, 0.717) is 17.9 Å². The highest BCUT2D eigenvalue weighted by molar-refractivity contribution is 5.22. The van der Waals surface area contributed by atoms with Crippen molar-refractivity contribution in [3.05, 3.63) is 29.2 Å². The summed E-state index contributed by atoms with van der Waals surface area (Å²) in [5, 5.41) is 7.69. The summed E-state index contributed by atoms with van der Waals surface area (Å²) >= 11 is 0. The highest BCUT2D eigenvalue weighted by Crippen LogP contribution is 2.21. The molecular weight excluding hydrogens is 254 g/mol. The van der Waals surface area contributed by atoms with Crippen LogP contribution in [0.15, 0.2) is 12.3 Å². The number of hydrogen-bond acceptors (Lipinski definition) is 5. The number of rotatable bonds is 5. The lowest BCUT2D eigenvalue weighted by molar-refractivity contribution is 0.397. The molecule has 0 spiro atoms. The van der Waals surface area contributed by atoms with E-state index in [1.54, 1.807) is 4.68 Å². The molecule has 0 saturated heterocycles. The summed E-state index contributed by atoms with van der Waals surface area (Å²) in [7, 11) is 1.84. The summed E-state index contributed by atoms with van der Waals surface area (Å²) in [5.41, 5.74) is 2.97. The monoisotopic (exact) mass is 273 g/mol. The van der Waals surface area contributed by atoms with Gasteiger partial charge in [-0.3, -0.25) is 0 Å². The lowest BCUT2D eigenvalue weighted by atomic mass is 10.2. The maximum Gasteiger partial charge on any atom is 0.323 e. The summed E-state index contributed by atoms with van der Waals surface area (Å²) in [6, 6.07) is 2.91. The Hall–Kier alpha value is -1.95. The molecule has 0 bridgehead atoms. The summed E-state index contributed by atoms with van der Waals surface area (Å²) in [5.74, 6) is 0.644. The fourth-order valence-corrected chi connectivity index (χ4v) is 2.01. The van der Waals surface area contributed by atoms with E-state index in [-0.39, 0.29) is 0 Å². The van der Waals surface area contributed by atoms with E-state index in [1.807, 2.05) is 33.2 Å². The molecule has 6 heteroatoms. The first-order valence-electron chi connectivity index (χ1n) is 6.86. The van der Waals surface area contributed by atoms with E-state index in [9.17, 15) is 0 Å². The Morgan fingerprint density at radius 3 is 2.80 bits per heavy atom. The van der Waals surface area contributed by atoms with Gasteiger partial charge < -0.3 is 10.1 Å². The largest absolute Gasteiger partial charge is 0.405 e. The second kappa shape index (κ2) is 5.20. The van der Waals surface area contributed by atoms with Gasteiger partial charge in [-0.1, -0.05) is 0 Å². The van der Waals surface area contributed by atoms with Crippen LogP contribution in [0.25, 0.3) is 0 Å². The van der Waals surface area contributed by atoms with Gasteiger partial charge in [0.2, 0.25) is 5.88 Å².